The monoisotopic (exact) mass is 256 g/mol. The summed E-state index contributed by atoms with van der Waals surface area (Å²) in [5.41, 5.74) is 5.66. The second kappa shape index (κ2) is 4.80. The molecule has 3 heteroatoms. The maximum atomic E-state index is 8.92. The zero-order chi connectivity index (χ0) is 13.3. The van der Waals surface area contributed by atoms with E-state index in [4.69, 9.17) is 16.9 Å². The van der Waals surface area contributed by atoms with Crippen LogP contribution >= 0.6 is 11.6 Å². The van der Waals surface area contributed by atoms with Crippen molar-refractivity contribution >= 4 is 11.6 Å². The summed E-state index contributed by atoms with van der Waals surface area (Å²) in [7, 11) is 0. The summed E-state index contributed by atoms with van der Waals surface area (Å²) < 4.78 is 0. The fourth-order valence-corrected chi connectivity index (χ4v) is 2.20. The van der Waals surface area contributed by atoms with Gasteiger partial charge < -0.3 is 0 Å². The summed E-state index contributed by atoms with van der Waals surface area (Å²) in [4.78, 5) is 4.35. The Hall–Kier alpha value is -1.85. The number of hydrogen-bond donors (Lipinski definition) is 0. The maximum absolute atomic E-state index is 8.92. The van der Waals surface area contributed by atoms with E-state index in [2.05, 4.69) is 31.0 Å². The highest BCUT2D eigenvalue weighted by Crippen LogP contribution is 2.28. The van der Waals surface area contributed by atoms with Crippen molar-refractivity contribution in [3.05, 3.63) is 51.7 Å². The van der Waals surface area contributed by atoms with E-state index in [9.17, 15) is 0 Å². The zero-order valence-corrected chi connectivity index (χ0v) is 11.3. The van der Waals surface area contributed by atoms with Crippen molar-refractivity contribution < 1.29 is 0 Å². The van der Waals surface area contributed by atoms with Gasteiger partial charge in [0.25, 0.3) is 0 Å². The molecule has 1 heterocycles. The lowest BCUT2D eigenvalue weighted by atomic mass is 9.99. The van der Waals surface area contributed by atoms with Gasteiger partial charge in [-0.05, 0) is 38.0 Å². The molecule has 0 saturated heterocycles. The molecule has 0 N–H and O–H groups in total. The fourth-order valence-electron chi connectivity index (χ4n) is 2.02. The van der Waals surface area contributed by atoms with Crippen molar-refractivity contribution in [1.29, 1.82) is 5.26 Å². The third-order valence-corrected chi connectivity index (χ3v) is 3.21. The van der Waals surface area contributed by atoms with Crippen LogP contribution in [0.2, 0.25) is 5.15 Å². The second-order valence-corrected chi connectivity index (χ2v) is 4.78. The van der Waals surface area contributed by atoms with E-state index in [0.717, 1.165) is 22.4 Å². The minimum Gasteiger partial charge on any atom is -0.234 e. The van der Waals surface area contributed by atoms with E-state index < -0.39 is 0 Å². The molecular formula is C15H13ClN2. The van der Waals surface area contributed by atoms with Gasteiger partial charge in [-0.1, -0.05) is 35.4 Å². The summed E-state index contributed by atoms with van der Waals surface area (Å²) in [6.07, 6.45) is 0. The first-order chi connectivity index (χ1) is 8.52. The molecule has 1 aromatic carbocycles. The zero-order valence-electron chi connectivity index (χ0n) is 10.6. The maximum Gasteiger partial charge on any atom is 0.147 e. The number of rotatable bonds is 1. The van der Waals surface area contributed by atoms with Gasteiger partial charge in [0.05, 0.1) is 11.3 Å². The third kappa shape index (κ3) is 2.23. The number of hydrogen-bond acceptors (Lipinski definition) is 2. The summed E-state index contributed by atoms with van der Waals surface area (Å²) >= 11 is 6.00. The van der Waals surface area contributed by atoms with Gasteiger partial charge in [0.15, 0.2) is 0 Å². The summed E-state index contributed by atoms with van der Waals surface area (Å²) in [6, 6.07) is 10.0. The molecule has 0 atom stereocenters. The van der Waals surface area contributed by atoms with Crippen molar-refractivity contribution in [3.8, 4) is 17.3 Å². The van der Waals surface area contributed by atoms with Gasteiger partial charge in [-0.2, -0.15) is 5.26 Å². The molecule has 0 unspecified atom stereocenters. The van der Waals surface area contributed by atoms with Crippen molar-refractivity contribution in [2.45, 2.75) is 20.8 Å². The average molecular weight is 257 g/mol. The van der Waals surface area contributed by atoms with Crippen LogP contribution in [-0.4, -0.2) is 4.98 Å². The van der Waals surface area contributed by atoms with Gasteiger partial charge >= 0.3 is 0 Å². The lowest BCUT2D eigenvalue weighted by Gasteiger charge is -2.10. The van der Waals surface area contributed by atoms with Crippen LogP contribution in [0.4, 0.5) is 0 Å². The Morgan fingerprint density at radius 2 is 1.83 bits per heavy atom. The van der Waals surface area contributed by atoms with E-state index in [1.807, 2.05) is 19.1 Å². The van der Waals surface area contributed by atoms with Gasteiger partial charge in [0, 0.05) is 5.56 Å². The second-order valence-electron chi connectivity index (χ2n) is 4.42. The van der Waals surface area contributed by atoms with E-state index in [1.165, 1.54) is 5.56 Å². The Balaban J connectivity index is 2.65. The Morgan fingerprint density at radius 3 is 2.44 bits per heavy atom. The first-order valence-corrected chi connectivity index (χ1v) is 6.05. The summed E-state index contributed by atoms with van der Waals surface area (Å²) in [5, 5.41) is 9.18. The standard InChI is InChI=1S/C15H13ClN2/c1-9-4-5-13(10(2)6-9)14-11(3)7-12(8-17)15(16)18-14/h4-7H,1-3H3. The Morgan fingerprint density at radius 1 is 1.11 bits per heavy atom. The topological polar surface area (TPSA) is 36.7 Å². The smallest absolute Gasteiger partial charge is 0.147 e. The molecule has 1 aromatic heterocycles. The molecule has 0 amide bonds. The van der Waals surface area contributed by atoms with Gasteiger partial charge in [0.1, 0.15) is 11.2 Å². The van der Waals surface area contributed by atoms with E-state index in [1.54, 1.807) is 6.07 Å². The van der Waals surface area contributed by atoms with Crippen LogP contribution in [0.15, 0.2) is 24.3 Å². The highest BCUT2D eigenvalue weighted by atomic mass is 35.5. The molecule has 2 nitrogen and oxygen atoms in total. The van der Waals surface area contributed by atoms with Crippen LogP contribution in [0, 0.1) is 32.1 Å². The van der Waals surface area contributed by atoms with Crippen molar-refractivity contribution in [2.75, 3.05) is 0 Å². The lowest BCUT2D eigenvalue weighted by Crippen LogP contribution is -1.94. The summed E-state index contributed by atoms with van der Waals surface area (Å²) in [5.74, 6) is 0. The molecule has 0 aliphatic rings. The van der Waals surface area contributed by atoms with Crippen molar-refractivity contribution in [3.63, 3.8) is 0 Å². The minimum atomic E-state index is 0.262. The van der Waals surface area contributed by atoms with Gasteiger partial charge in [-0.25, -0.2) is 4.98 Å². The van der Waals surface area contributed by atoms with Crippen LogP contribution in [0.3, 0.4) is 0 Å². The Bertz CT molecular complexity index is 654. The normalized spacial score (nSPS) is 10.2. The van der Waals surface area contributed by atoms with Crippen molar-refractivity contribution in [2.24, 2.45) is 0 Å². The number of benzene rings is 1. The van der Waals surface area contributed by atoms with Crippen LogP contribution in [0.5, 0.6) is 0 Å². The number of nitrogens with zero attached hydrogens (tertiary/aromatic N) is 2. The van der Waals surface area contributed by atoms with Gasteiger partial charge in [-0.15, -0.1) is 0 Å². The first-order valence-electron chi connectivity index (χ1n) is 5.68. The Labute approximate surface area is 112 Å². The molecule has 0 fully saturated rings. The molecule has 0 aliphatic heterocycles. The number of nitriles is 1. The van der Waals surface area contributed by atoms with Crippen LogP contribution in [0.25, 0.3) is 11.3 Å². The molecule has 0 bridgehead atoms. The van der Waals surface area contributed by atoms with Crippen LogP contribution < -0.4 is 0 Å². The average Bonchev–Trinajstić information content (AvgIpc) is 2.32. The molecule has 0 saturated carbocycles. The lowest BCUT2D eigenvalue weighted by molar-refractivity contribution is 1.23. The predicted octanol–water partition coefficient (Wildman–Crippen LogP) is 4.20. The number of aromatic nitrogens is 1. The molecule has 2 rings (SSSR count). The third-order valence-electron chi connectivity index (χ3n) is 2.92. The van der Waals surface area contributed by atoms with Crippen molar-refractivity contribution in [1.82, 2.24) is 4.98 Å². The molecule has 90 valence electrons. The number of aryl methyl sites for hydroxylation is 3. The first kappa shape index (κ1) is 12.6. The molecule has 2 aromatic rings. The quantitative estimate of drug-likeness (QED) is 0.717. The van der Waals surface area contributed by atoms with Crippen LogP contribution in [-0.2, 0) is 0 Å². The van der Waals surface area contributed by atoms with Crippen LogP contribution in [0.1, 0.15) is 22.3 Å². The molecule has 18 heavy (non-hydrogen) atoms. The molecule has 0 aliphatic carbocycles. The van der Waals surface area contributed by atoms with E-state index >= 15 is 0 Å². The van der Waals surface area contributed by atoms with Gasteiger partial charge in [0.2, 0.25) is 0 Å². The minimum absolute atomic E-state index is 0.262. The molecule has 0 radical (unpaired) electrons. The van der Waals surface area contributed by atoms with Gasteiger partial charge in [-0.3, -0.25) is 0 Å². The fraction of sp³-hybridized carbons (Fsp3) is 0.200. The highest BCUT2D eigenvalue weighted by Gasteiger charge is 2.11. The van der Waals surface area contributed by atoms with E-state index in [-0.39, 0.29) is 5.15 Å². The number of pyridine rings is 1. The highest BCUT2D eigenvalue weighted by molar-refractivity contribution is 6.30. The largest absolute Gasteiger partial charge is 0.234 e. The summed E-state index contributed by atoms with van der Waals surface area (Å²) in [6.45, 7) is 6.05. The Kier molecular flexibility index (Phi) is 3.36. The molecule has 0 spiro atoms. The van der Waals surface area contributed by atoms with E-state index in [0.29, 0.717) is 5.56 Å². The number of halogens is 1. The predicted molar refractivity (Wildman–Crippen MR) is 73.6 cm³/mol. The molecular weight excluding hydrogens is 244 g/mol. The SMILES string of the molecule is Cc1ccc(-c2nc(Cl)c(C#N)cc2C)c(C)c1.